The van der Waals surface area contributed by atoms with E-state index in [4.69, 9.17) is 0 Å². The Bertz CT molecular complexity index is 481. The van der Waals surface area contributed by atoms with Gasteiger partial charge in [-0.3, -0.25) is 0 Å². The van der Waals surface area contributed by atoms with Crippen LogP contribution >= 0.6 is 11.5 Å². The van der Waals surface area contributed by atoms with Crippen molar-refractivity contribution in [3.05, 3.63) is 34.9 Å². The lowest BCUT2D eigenvalue weighted by Crippen LogP contribution is -2.20. The first-order chi connectivity index (χ1) is 8.16. The number of nitrogens with zero attached hydrogens (tertiary/aromatic N) is 4. The van der Waals surface area contributed by atoms with Crippen LogP contribution in [0.1, 0.15) is 16.7 Å². The topological polar surface area (TPSA) is 41.9 Å². The Balaban J connectivity index is 1.98. The highest BCUT2D eigenvalue weighted by molar-refractivity contribution is 7.09. The second kappa shape index (κ2) is 5.23. The normalized spacial score (nSPS) is 10.5. The van der Waals surface area contributed by atoms with Gasteiger partial charge in [0.2, 0.25) is 5.13 Å². The first-order valence-corrected chi connectivity index (χ1v) is 6.36. The average molecular weight is 248 g/mol. The SMILES string of the molecule is Cc1ccc(CCN(C)c2nnns2)c(C)c1. The maximum Gasteiger partial charge on any atom is 0.227 e. The van der Waals surface area contributed by atoms with E-state index in [9.17, 15) is 0 Å². The van der Waals surface area contributed by atoms with Crippen molar-refractivity contribution in [1.82, 2.24) is 14.8 Å². The van der Waals surface area contributed by atoms with Crippen LogP contribution in [-0.2, 0) is 6.42 Å². The number of benzene rings is 1. The van der Waals surface area contributed by atoms with Gasteiger partial charge in [0.25, 0.3) is 0 Å². The summed E-state index contributed by atoms with van der Waals surface area (Å²) >= 11 is 1.33. The molecule has 0 aliphatic heterocycles. The molecule has 0 radical (unpaired) electrons. The van der Waals surface area contributed by atoms with E-state index in [2.05, 4.69) is 51.7 Å². The molecule has 0 unspecified atom stereocenters. The number of hydrogen-bond donors (Lipinski definition) is 0. The van der Waals surface area contributed by atoms with Crippen LogP contribution in [0.4, 0.5) is 5.13 Å². The molecule has 0 fully saturated rings. The van der Waals surface area contributed by atoms with Crippen LogP contribution in [0.15, 0.2) is 18.2 Å². The molecule has 4 nitrogen and oxygen atoms in total. The summed E-state index contributed by atoms with van der Waals surface area (Å²) in [4.78, 5) is 2.09. The first kappa shape index (κ1) is 12.0. The van der Waals surface area contributed by atoms with Gasteiger partial charge in [-0.15, -0.1) is 0 Å². The molecule has 90 valence electrons. The lowest BCUT2D eigenvalue weighted by atomic mass is 10.0. The summed E-state index contributed by atoms with van der Waals surface area (Å²) in [5.41, 5.74) is 4.06. The minimum Gasteiger partial charge on any atom is -0.348 e. The molecule has 0 saturated heterocycles. The number of hydrogen-bond acceptors (Lipinski definition) is 5. The molecule has 5 heteroatoms. The summed E-state index contributed by atoms with van der Waals surface area (Å²) in [6.07, 6.45) is 1.02. The largest absolute Gasteiger partial charge is 0.348 e. The molecular formula is C12H16N4S. The Hall–Kier alpha value is -1.49. The van der Waals surface area contributed by atoms with Crippen molar-refractivity contribution in [2.45, 2.75) is 20.3 Å². The summed E-state index contributed by atoms with van der Waals surface area (Å²) in [6, 6.07) is 6.59. The van der Waals surface area contributed by atoms with Crippen LogP contribution in [0.25, 0.3) is 0 Å². The summed E-state index contributed by atoms with van der Waals surface area (Å²) < 4.78 is 3.77. The molecule has 0 atom stereocenters. The van der Waals surface area contributed by atoms with Crippen molar-refractivity contribution in [3.63, 3.8) is 0 Å². The fourth-order valence-electron chi connectivity index (χ4n) is 1.79. The molecule has 0 amide bonds. The van der Waals surface area contributed by atoms with E-state index in [1.165, 1.54) is 28.2 Å². The van der Waals surface area contributed by atoms with Crippen LogP contribution in [0.5, 0.6) is 0 Å². The highest BCUT2D eigenvalue weighted by atomic mass is 32.1. The lowest BCUT2D eigenvalue weighted by molar-refractivity contribution is 0.844. The molecular weight excluding hydrogens is 232 g/mol. The van der Waals surface area contributed by atoms with Gasteiger partial charge in [0.05, 0.1) is 0 Å². The third-order valence-electron chi connectivity index (χ3n) is 2.83. The minimum absolute atomic E-state index is 0.870. The van der Waals surface area contributed by atoms with Gasteiger partial charge < -0.3 is 4.90 Å². The Kier molecular flexibility index (Phi) is 3.68. The zero-order valence-electron chi connectivity index (χ0n) is 10.3. The summed E-state index contributed by atoms with van der Waals surface area (Å²) in [6.45, 7) is 5.21. The number of anilines is 1. The van der Waals surface area contributed by atoms with E-state index in [1.807, 2.05) is 7.05 Å². The lowest BCUT2D eigenvalue weighted by Gasteiger charge is -2.15. The van der Waals surface area contributed by atoms with E-state index < -0.39 is 0 Å². The molecule has 0 N–H and O–H groups in total. The molecule has 2 aromatic rings. The Labute approximate surface area is 105 Å². The van der Waals surface area contributed by atoms with Gasteiger partial charge in [0.15, 0.2) is 0 Å². The minimum atomic E-state index is 0.870. The maximum atomic E-state index is 3.95. The van der Waals surface area contributed by atoms with Crippen molar-refractivity contribution >= 4 is 16.7 Å². The molecule has 0 spiro atoms. The molecule has 17 heavy (non-hydrogen) atoms. The zero-order chi connectivity index (χ0) is 12.3. The average Bonchev–Trinajstić information content (AvgIpc) is 2.81. The molecule has 0 aliphatic carbocycles. The molecule has 0 saturated carbocycles. The van der Waals surface area contributed by atoms with Gasteiger partial charge in [0, 0.05) is 25.1 Å². The number of likely N-dealkylation sites (N-methyl/N-ethyl adjacent to an activating group) is 1. The fraction of sp³-hybridized carbons (Fsp3) is 0.417. The van der Waals surface area contributed by atoms with Crippen LogP contribution < -0.4 is 4.90 Å². The molecule has 1 heterocycles. The fourth-order valence-corrected chi connectivity index (χ4v) is 2.24. The van der Waals surface area contributed by atoms with Gasteiger partial charge in [-0.2, -0.15) is 0 Å². The zero-order valence-corrected chi connectivity index (χ0v) is 11.2. The van der Waals surface area contributed by atoms with Gasteiger partial charge in [-0.25, -0.2) is 0 Å². The van der Waals surface area contributed by atoms with Crippen molar-refractivity contribution in [1.29, 1.82) is 0 Å². The van der Waals surface area contributed by atoms with Crippen molar-refractivity contribution in [2.75, 3.05) is 18.5 Å². The molecule has 2 rings (SSSR count). The molecule has 0 aliphatic rings. The van der Waals surface area contributed by atoms with Gasteiger partial charge in [-0.05, 0) is 36.6 Å². The highest BCUT2D eigenvalue weighted by Gasteiger charge is 2.06. The standard InChI is InChI=1S/C12H16N4S/c1-9-4-5-11(10(2)8-9)6-7-16(3)12-13-14-15-17-12/h4-5,8H,6-7H2,1-3H3. The first-order valence-electron chi connectivity index (χ1n) is 5.59. The summed E-state index contributed by atoms with van der Waals surface area (Å²) in [5, 5.41) is 8.42. The van der Waals surface area contributed by atoms with Crippen molar-refractivity contribution in [2.24, 2.45) is 0 Å². The summed E-state index contributed by atoms with van der Waals surface area (Å²) in [7, 11) is 2.02. The van der Waals surface area contributed by atoms with Crippen LogP contribution in [0.2, 0.25) is 0 Å². The Morgan fingerprint density at radius 2 is 2.12 bits per heavy atom. The third kappa shape index (κ3) is 3.00. The van der Waals surface area contributed by atoms with Gasteiger partial charge >= 0.3 is 0 Å². The van der Waals surface area contributed by atoms with Gasteiger partial charge in [0.1, 0.15) is 0 Å². The Morgan fingerprint density at radius 1 is 1.29 bits per heavy atom. The second-order valence-corrected chi connectivity index (χ2v) is 4.96. The number of rotatable bonds is 4. The summed E-state index contributed by atoms with van der Waals surface area (Å²) in [5.74, 6) is 0. The smallest absolute Gasteiger partial charge is 0.227 e. The molecule has 0 bridgehead atoms. The molecule has 1 aromatic heterocycles. The van der Waals surface area contributed by atoms with E-state index in [-0.39, 0.29) is 0 Å². The molecule has 1 aromatic carbocycles. The van der Waals surface area contributed by atoms with E-state index in [1.54, 1.807) is 0 Å². The number of aromatic nitrogens is 3. The van der Waals surface area contributed by atoms with Crippen molar-refractivity contribution < 1.29 is 0 Å². The predicted molar refractivity (Wildman–Crippen MR) is 70.6 cm³/mol. The predicted octanol–water partition coefficient (Wildman–Crippen LogP) is 2.23. The van der Waals surface area contributed by atoms with E-state index in [0.717, 1.165) is 18.1 Å². The van der Waals surface area contributed by atoms with Crippen molar-refractivity contribution in [3.8, 4) is 0 Å². The van der Waals surface area contributed by atoms with Crippen LogP contribution in [0, 0.1) is 13.8 Å². The number of aryl methyl sites for hydroxylation is 2. The van der Waals surface area contributed by atoms with Crippen LogP contribution in [-0.4, -0.2) is 28.4 Å². The monoisotopic (exact) mass is 248 g/mol. The van der Waals surface area contributed by atoms with Crippen LogP contribution in [0.3, 0.4) is 0 Å². The van der Waals surface area contributed by atoms with Gasteiger partial charge in [-0.1, -0.05) is 33.3 Å². The highest BCUT2D eigenvalue weighted by Crippen LogP contribution is 2.14. The third-order valence-corrected chi connectivity index (χ3v) is 3.54. The van der Waals surface area contributed by atoms with E-state index in [0.29, 0.717) is 0 Å². The maximum absolute atomic E-state index is 3.95. The van der Waals surface area contributed by atoms with E-state index >= 15 is 0 Å². The quantitative estimate of drug-likeness (QED) is 0.832. The Morgan fingerprint density at radius 3 is 2.76 bits per heavy atom. The second-order valence-electron chi connectivity index (χ2n) is 4.25.